The van der Waals surface area contributed by atoms with Crippen LogP contribution in [0.4, 0.5) is 10.7 Å². The maximum Gasteiger partial charge on any atom is 0.407 e. The fourth-order valence-electron chi connectivity index (χ4n) is 4.52. The molecule has 9 heteroatoms. The van der Waals surface area contributed by atoms with Gasteiger partial charge >= 0.3 is 6.09 Å². The third kappa shape index (κ3) is 3.91. The molecule has 1 N–H and O–H groups in total. The number of hydrogen-bond donors (Lipinski definition) is 1. The van der Waals surface area contributed by atoms with Gasteiger partial charge in [-0.05, 0) is 32.1 Å². The van der Waals surface area contributed by atoms with Gasteiger partial charge in [0.05, 0.1) is 13.2 Å². The Bertz CT molecular complexity index is 686. The molecule has 3 aliphatic rings. The van der Waals surface area contributed by atoms with Crippen molar-refractivity contribution in [2.75, 3.05) is 25.2 Å². The molecule has 4 heterocycles. The van der Waals surface area contributed by atoms with E-state index in [1.165, 1.54) is 0 Å². The van der Waals surface area contributed by atoms with E-state index in [0.717, 1.165) is 38.5 Å². The number of anilines is 1. The van der Waals surface area contributed by atoms with E-state index in [1.54, 1.807) is 11.0 Å². The van der Waals surface area contributed by atoms with E-state index in [4.69, 9.17) is 21.1 Å². The summed E-state index contributed by atoms with van der Waals surface area (Å²) < 4.78 is 11.2. The molecule has 1 amide bonds. The van der Waals surface area contributed by atoms with E-state index in [1.807, 2.05) is 11.9 Å². The van der Waals surface area contributed by atoms with E-state index in [0.29, 0.717) is 30.2 Å². The van der Waals surface area contributed by atoms with Crippen molar-refractivity contribution in [2.24, 2.45) is 0 Å². The number of carbonyl (C=O) groups is 1. The van der Waals surface area contributed by atoms with Gasteiger partial charge in [0.2, 0.25) is 11.8 Å². The number of nitrogens with zero attached hydrogens (tertiary/aromatic N) is 4. The molecule has 1 unspecified atom stereocenters. The molecule has 0 aromatic carbocycles. The molecule has 0 spiro atoms. The second kappa shape index (κ2) is 7.67. The Hall–Kier alpha value is -1.80. The lowest BCUT2D eigenvalue weighted by atomic mass is 9.81. The molecule has 0 radical (unpaired) electrons. The maximum absolute atomic E-state index is 11.6. The molecular formula is C18H25ClN4O4. The first-order valence-corrected chi connectivity index (χ1v) is 9.92. The number of amides is 1. The lowest BCUT2D eigenvalue weighted by molar-refractivity contribution is 0.0351. The van der Waals surface area contributed by atoms with Gasteiger partial charge < -0.3 is 24.4 Å². The largest absolute Gasteiger partial charge is 0.472 e. The Balaban J connectivity index is 1.50. The van der Waals surface area contributed by atoms with Crippen molar-refractivity contribution in [2.45, 2.75) is 62.8 Å². The first-order chi connectivity index (χ1) is 13.0. The highest BCUT2D eigenvalue weighted by atomic mass is 35.5. The quantitative estimate of drug-likeness (QED) is 0.783. The van der Waals surface area contributed by atoms with Crippen LogP contribution in [0.1, 0.15) is 38.5 Å². The molecule has 2 bridgehead atoms. The third-order valence-corrected chi connectivity index (χ3v) is 6.06. The fraction of sp³-hybridized carbons (Fsp3) is 0.722. The first-order valence-electron chi connectivity index (χ1n) is 9.54. The number of rotatable bonds is 4. The van der Waals surface area contributed by atoms with E-state index in [-0.39, 0.29) is 24.2 Å². The Kier molecular flexibility index (Phi) is 5.27. The highest BCUT2D eigenvalue weighted by Crippen LogP contribution is 2.36. The van der Waals surface area contributed by atoms with Gasteiger partial charge in [-0.15, -0.1) is 0 Å². The van der Waals surface area contributed by atoms with E-state index >= 15 is 0 Å². The standard InChI is InChI=1S/C18H25ClN4O4/c1-22(13-7-11-3-2-4-12(8-13)23(11)18(24)25)17-20-15(19)9-16(21-17)27-14-5-6-26-10-14/h9,11-14H,2-8,10H2,1H3,(H,24,25)/t11-,12+,13-,14?. The van der Waals surface area contributed by atoms with Crippen molar-refractivity contribution >= 4 is 23.6 Å². The number of piperidine rings is 2. The predicted molar refractivity (Wildman–Crippen MR) is 99.6 cm³/mol. The van der Waals surface area contributed by atoms with Crippen LogP contribution < -0.4 is 9.64 Å². The van der Waals surface area contributed by atoms with Gasteiger partial charge in [-0.1, -0.05) is 11.6 Å². The summed E-state index contributed by atoms with van der Waals surface area (Å²) in [6.07, 6.45) is 4.50. The van der Waals surface area contributed by atoms with Gasteiger partial charge in [0, 0.05) is 37.7 Å². The van der Waals surface area contributed by atoms with Gasteiger partial charge in [0.1, 0.15) is 11.3 Å². The molecule has 8 nitrogen and oxygen atoms in total. The SMILES string of the molecule is CN(c1nc(Cl)cc(OC2CCOC2)n1)[C@@H]1C[C@H]2CCC[C@@H](C1)N2C(=O)O. The zero-order chi connectivity index (χ0) is 19.0. The lowest BCUT2D eigenvalue weighted by Gasteiger charge is -2.49. The third-order valence-electron chi connectivity index (χ3n) is 5.87. The number of fused-ring (bicyclic) bond motifs is 2. The van der Waals surface area contributed by atoms with Gasteiger partial charge in [0.15, 0.2) is 0 Å². The summed E-state index contributed by atoms with van der Waals surface area (Å²) in [4.78, 5) is 24.2. The summed E-state index contributed by atoms with van der Waals surface area (Å²) >= 11 is 6.20. The van der Waals surface area contributed by atoms with Crippen LogP contribution in [0.15, 0.2) is 6.07 Å². The average Bonchev–Trinajstić information content (AvgIpc) is 3.12. The molecule has 27 heavy (non-hydrogen) atoms. The van der Waals surface area contributed by atoms with Crippen LogP contribution in [-0.2, 0) is 4.74 Å². The molecule has 3 aliphatic heterocycles. The maximum atomic E-state index is 11.6. The van der Waals surface area contributed by atoms with Crippen LogP contribution in [0, 0.1) is 0 Å². The number of carboxylic acid groups (broad SMARTS) is 1. The minimum Gasteiger partial charge on any atom is -0.472 e. The Morgan fingerprint density at radius 1 is 1.33 bits per heavy atom. The minimum atomic E-state index is -0.806. The van der Waals surface area contributed by atoms with E-state index in [2.05, 4.69) is 9.97 Å². The van der Waals surface area contributed by atoms with Crippen LogP contribution in [0.3, 0.4) is 0 Å². The van der Waals surface area contributed by atoms with Crippen molar-refractivity contribution in [1.29, 1.82) is 0 Å². The molecule has 1 aromatic rings. The number of ether oxygens (including phenoxy) is 2. The Morgan fingerprint density at radius 3 is 2.70 bits per heavy atom. The van der Waals surface area contributed by atoms with Crippen molar-refractivity contribution in [1.82, 2.24) is 14.9 Å². The molecule has 0 saturated carbocycles. The van der Waals surface area contributed by atoms with Crippen LogP contribution in [0.25, 0.3) is 0 Å². The fourth-order valence-corrected chi connectivity index (χ4v) is 4.69. The van der Waals surface area contributed by atoms with Crippen LogP contribution in [0.5, 0.6) is 5.88 Å². The molecule has 148 valence electrons. The molecule has 4 rings (SSSR count). The summed E-state index contributed by atoms with van der Waals surface area (Å²) in [6, 6.07) is 1.93. The second-order valence-corrected chi connectivity index (χ2v) is 7.98. The number of hydrogen-bond acceptors (Lipinski definition) is 6. The normalized spacial score (nSPS) is 30.2. The van der Waals surface area contributed by atoms with Crippen LogP contribution in [-0.4, -0.2) is 70.6 Å². The summed E-state index contributed by atoms with van der Waals surface area (Å²) in [7, 11) is 1.95. The monoisotopic (exact) mass is 396 g/mol. The van der Waals surface area contributed by atoms with Crippen molar-refractivity contribution in [3.8, 4) is 5.88 Å². The van der Waals surface area contributed by atoms with Crippen molar-refractivity contribution < 1.29 is 19.4 Å². The Labute approximate surface area is 163 Å². The highest BCUT2D eigenvalue weighted by Gasteiger charge is 2.42. The average molecular weight is 397 g/mol. The summed E-state index contributed by atoms with van der Waals surface area (Å²) in [6.45, 7) is 1.25. The van der Waals surface area contributed by atoms with E-state index in [9.17, 15) is 9.90 Å². The molecule has 3 fully saturated rings. The van der Waals surface area contributed by atoms with Gasteiger partial charge in [0.25, 0.3) is 0 Å². The topological polar surface area (TPSA) is 88.0 Å². The smallest absolute Gasteiger partial charge is 0.407 e. The molecule has 4 atom stereocenters. The first kappa shape index (κ1) is 18.6. The van der Waals surface area contributed by atoms with Gasteiger partial charge in [-0.25, -0.2) is 9.78 Å². The molecule has 0 aliphatic carbocycles. The number of halogens is 1. The lowest BCUT2D eigenvalue weighted by Crippen LogP contribution is -2.58. The van der Waals surface area contributed by atoms with Crippen LogP contribution in [0.2, 0.25) is 5.15 Å². The zero-order valence-corrected chi connectivity index (χ0v) is 16.1. The highest BCUT2D eigenvalue weighted by molar-refractivity contribution is 6.29. The van der Waals surface area contributed by atoms with Gasteiger partial charge in [-0.3, -0.25) is 0 Å². The predicted octanol–water partition coefficient (Wildman–Crippen LogP) is 2.80. The zero-order valence-electron chi connectivity index (χ0n) is 15.4. The van der Waals surface area contributed by atoms with Crippen molar-refractivity contribution in [3.05, 3.63) is 11.2 Å². The summed E-state index contributed by atoms with van der Waals surface area (Å²) in [5, 5.41) is 9.87. The minimum absolute atomic E-state index is 0.00714. The summed E-state index contributed by atoms with van der Waals surface area (Å²) in [5.74, 6) is 0.971. The van der Waals surface area contributed by atoms with E-state index < -0.39 is 6.09 Å². The van der Waals surface area contributed by atoms with Gasteiger partial charge in [-0.2, -0.15) is 4.98 Å². The Morgan fingerprint density at radius 2 is 2.07 bits per heavy atom. The van der Waals surface area contributed by atoms with Crippen molar-refractivity contribution in [3.63, 3.8) is 0 Å². The second-order valence-electron chi connectivity index (χ2n) is 7.60. The molecular weight excluding hydrogens is 372 g/mol. The summed E-state index contributed by atoms with van der Waals surface area (Å²) in [5.41, 5.74) is 0. The molecule has 1 aromatic heterocycles. The molecule has 3 saturated heterocycles. The van der Waals surface area contributed by atoms with Crippen LogP contribution >= 0.6 is 11.6 Å². The number of aromatic nitrogens is 2.